The SMILES string of the molecule is CC[n+]1c(C)cc2ccccc2c1CNC(=O)c1cc(OC)c(OC)c(OC)c1.[Br-]. The maximum atomic E-state index is 12.9. The van der Waals surface area contributed by atoms with Crippen LogP contribution in [0.2, 0.25) is 0 Å². The molecular formula is C23H27BrN2O4. The molecule has 1 amide bonds. The van der Waals surface area contributed by atoms with Crippen LogP contribution in [-0.2, 0) is 13.1 Å². The van der Waals surface area contributed by atoms with Crippen LogP contribution in [0.5, 0.6) is 17.2 Å². The maximum Gasteiger partial charge on any atom is 0.252 e. The van der Waals surface area contributed by atoms with E-state index in [0.29, 0.717) is 29.4 Å². The zero-order valence-corrected chi connectivity index (χ0v) is 19.5. The van der Waals surface area contributed by atoms with E-state index in [1.807, 2.05) is 12.1 Å². The average molecular weight is 475 g/mol. The first kappa shape index (κ1) is 23.5. The summed E-state index contributed by atoms with van der Waals surface area (Å²) >= 11 is 0. The van der Waals surface area contributed by atoms with Crippen molar-refractivity contribution in [2.24, 2.45) is 0 Å². The zero-order valence-electron chi connectivity index (χ0n) is 17.9. The van der Waals surface area contributed by atoms with Gasteiger partial charge in [-0.1, -0.05) is 18.2 Å². The van der Waals surface area contributed by atoms with Crippen LogP contribution in [0.25, 0.3) is 10.8 Å². The Morgan fingerprint density at radius 1 is 1.00 bits per heavy atom. The Hall–Kier alpha value is -2.80. The van der Waals surface area contributed by atoms with Gasteiger partial charge < -0.3 is 36.5 Å². The summed E-state index contributed by atoms with van der Waals surface area (Å²) in [5.41, 5.74) is 2.67. The first-order valence-electron chi connectivity index (χ1n) is 9.53. The van der Waals surface area contributed by atoms with Crippen molar-refractivity contribution in [1.82, 2.24) is 5.32 Å². The molecule has 1 N–H and O–H groups in total. The van der Waals surface area contributed by atoms with Crippen LogP contribution >= 0.6 is 0 Å². The third kappa shape index (κ3) is 4.51. The number of hydrogen-bond acceptors (Lipinski definition) is 4. The molecule has 30 heavy (non-hydrogen) atoms. The Labute approximate surface area is 187 Å². The van der Waals surface area contributed by atoms with E-state index in [2.05, 4.69) is 41.9 Å². The molecule has 1 aromatic heterocycles. The molecule has 7 heteroatoms. The third-order valence-electron chi connectivity index (χ3n) is 5.05. The Balaban J connectivity index is 0.00000320. The van der Waals surface area contributed by atoms with Crippen LogP contribution < -0.4 is 41.1 Å². The minimum Gasteiger partial charge on any atom is -1.00 e. The highest BCUT2D eigenvalue weighted by Crippen LogP contribution is 2.38. The highest BCUT2D eigenvalue weighted by Gasteiger charge is 2.20. The van der Waals surface area contributed by atoms with E-state index in [9.17, 15) is 4.79 Å². The first-order chi connectivity index (χ1) is 14.0. The molecule has 3 aromatic rings. The van der Waals surface area contributed by atoms with Gasteiger partial charge in [-0.15, -0.1) is 0 Å². The number of benzene rings is 2. The molecule has 6 nitrogen and oxygen atoms in total. The summed E-state index contributed by atoms with van der Waals surface area (Å²) in [7, 11) is 4.59. The van der Waals surface area contributed by atoms with Crippen molar-refractivity contribution in [3.63, 3.8) is 0 Å². The topological polar surface area (TPSA) is 60.7 Å². The number of halogens is 1. The predicted octanol–water partition coefficient (Wildman–Crippen LogP) is 0.415. The Morgan fingerprint density at radius 3 is 2.20 bits per heavy atom. The molecule has 0 aliphatic carbocycles. The molecule has 0 aliphatic heterocycles. The number of rotatable bonds is 7. The third-order valence-corrected chi connectivity index (χ3v) is 5.05. The van der Waals surface area contributed by atoms with Crippen LogP contribution in [0.15, 0.2) is 42.5 Å². The van der Waals surface area contributed by atoms with E-state index in [4.69, 9.17) is 14.2 Å². The molecule has 0 fully saturated rings. The number of carbonyl (C=O) groups is 1. The number of pyridine rings is 1. The van der Waals surface area contributed by atoms with Gasteiger partial charge in [-0.3, -0.25) is 4.79 Å². The van der Waals surface area contributed by atoms with Crippen molar-refractivity contribution in [3.05, 3.63) is 59.4 Å². The fourth-order valence-electron chi connectivity index (χ4n) is 3.66. The molecule has 0 saturated heterocycles. The molecule has 0 atom stereocenters. The zero-order chi connectivity index (χ0) is 21.0. The van der Waals surface area contributed by atoms with Gasteiger partial charge in [0.1, 0.15) is 13.1 Å². The van der Waals surface area contributed by atoms with Crippen molar-refractivity contribution in [1.29, 1.82) is 0 Å². The highest BCUT2D eigenvalue weighted by molar-refractivity contribution is 5.96. The quantitative estimate of drug-likeness (QED) is 0.504. The van der Waals surface area contributed by atoms with Gasteiger partial charge in [0, 0.05) is 18.6 Å². The molecular weight excluding hydrogens is 448 g/mol. The Kier molecular flexibility index (Phi) is 8.06. The van der Waals surface area contributed by atoms with Crippen molar-refractivity contribution >= 4 is 16.7 Å². The first-order valence-corrected chi connectivity index (χ1v) is 9.53. The normalized spacial score (nSPS) is 10.3. The minimum absolute atomic E-state index is 0. The van der Waals surface area contributed by atoms with Gasteiger partial charge in [-0.2, -0.15) is 4.57 Å². The van der Waals surface area contributed by atoms with E-state index in [0.717, 1.165) is 28.7 Å². The molecule has 0 unspecified atom stereocenters. The number of aryl methyl sites for hydroxylation is 1. The molecule has 160 valence electrons. The van der Waals surface area contributed by atoms with E-state index in [1.165, 1.54) is 21.3 Å². The van der Waals surface area contributed by atoms with Crippen LogP contribution in [0, 0.1) is 6.92 Å². The van der Waals surface area contributed by atoms with Crippen molar-refractivity contribution in [3.8, 4) is 17.2 Å². The van der Waals surface area contributed by atoms with Crippen LogP contribution in [-0.4, -0.2) is 27.2 Å². The predicted molar refractivity (Wildman–Crippen MR) is 112 cm³/mol. The largest absolute Gasteiger partial charge is 1.00 e. The summed E-state index contributed by atoms with van der Waals surface area (Å²) in [4.78, 5) is 12.9. The number of hydrogen-bond donors (Lipinski definition) is 1. The minimum atomic E-state index is -0.211. The average Bonchev–Trinajstić information content (AvgIpc) is 2.75. The Bertz CT molecular complexity index is 1030. The lowest BCUT2D eigenvalue weighted by Crippen LogP contribution is -3.00. The van der Waals surface area contributed by atoms with Gasteiger partial charge in [0.15, 0.2) is 17.2 Å². The van der Waals surface area contributed by atoms with Gasteiger partial charge in [0.2, 0.25) is 11.4 Å². The van der Waals surface area contributed by atoms with E-state index in [1.54, 1.807) is 12.1 Å². The lowest BCUT2D eigenvalue weighted by molar-refractivity contribution is -0.705. The number of nitrogens with one attached hydrogen (secondary N) is 1. The number of ether oxygens (including phenoxy) is 3. The molecule has 0 aliphatic rings. The summed E-state index contributed by atoms with van der Waals surface area (Å²) in [5, 5.41) is 5.33. The second-order valence-electron chi connectivity index (χ2n) is 6.66. The van der Waals surface area contributed by atoms with Gasteiger partial charge in [-0.05, 0) is 30.5 Å². The van der Waals surface area contributed by atoms with Crippen molar-refractivity contribution in [2.45, 2.75) is 26.9 Å². The lowest BCUT2D eigenvalue weighted by atomic mass is 10.1. The van der Waals surface area contributed by atoms with Crippen molar-refractivity contribution in [2.75, 3.05) is 21.3 Å². The second-order valence-corrected chi connectivity index (χ2v) is 6.66. The van der Waals surface area contributed by atoms with Gasteiger partial charge in [0.05, 0.1) is 26.7 Å². The van der Waals surface area contributed by atoms with E-state index >= 15 is 0 Å². The Morgan fingerprint density at radius 2 is 1.63 bits per heavy atom. The van der Waals surface area contributed by atoms with E-state index in [-0.39, 0.29) is 22.9 Å². The maximum absolute atomic E-state index is 12.9. The number of aromatic nitrogens is 1. The monoisotopic (exact) mass is 474 g/mol. The van der Waals surface area contributed by atoms with Gasteiger partial charge in [0.25, 0.3) is 5.91 Å². The number of fused-ring (bicyclic) bond motifs is 1. The summed E-state index contributed by atoms with van der Waals surface area (Å²) in [6, 6.07) is 13.7. The summed E-state index contributed by atoms with van der Waals surface area (Å²) < 4.78 is 18.3. The molecule has 0 saturated carbocycles. The van der Waals surface area contributed by atoms with Crippen LogP contribution in [0.3, 0.4) is 0 Å². The summed E-state index contributed by atoms with van der Waals surface area (Å²) in [6.45, 7) is 5.42. The number of carbonyl (C=O) groups excluding carboxylic acids is 1. The summed E-state index contributed by atoms with van der Waals surface area (Å²) in [5.74, 6) is 1.14. The van der Waals surface area contributed by atoms with Crippen LogP contribution in [0.1, 0.15) is 28.7 Å². The van der Waals surface area contributed by atoms with E-state index < -0.39 is 0 Å². The fraction of sp³-hybridized carbons (Fsp3) is 0.304. The number of nitrogens with zero attached hydrogens (tertiary/aromatic N) is 1. The summed E-state index contributed by atoms with van der Waals surface area (Å²) in [6.07, 6.45) is 0. The molecule has 0 spiro atoms. The number of methoxy groups -OCH3 is 3. The molecule has 0 bridgehead atoms. The van der Waals surface area contributed by atoms with Gasteiger partial charge in [-0.25, -0.2) is 0 Å². The highest BCUT2D eigenvalue weighted by atomic mass is 79.9. The second kappa shape index (κ2) is 10.3. The number of amides is 1. The molecule has 2 aromatic carbocycles. The standard InChI is InChI=1S/C23H26N2O4.BrH/c1-6-25-15(2)11-16-9-7-8-10-18(16)19(25)14-24-23(26)17-12-20(27-3)22(29-5)21(13-17)28-4;/h7-13H,6,14H2,1-5H3;1H. The van der Waals surface area contributed by atoms with Crippen LogP contribution in [0.4, 0.5) is 0 Å². The molecule has 3 rings (SSSR count). The smallest absolute Gasteiger partial charge is 0.252 e. The molecule has 1 heterocycles. The fourth-order valence-corrected chi connectivity index (χ4v) is 3.66. The van der Waals surface area contributed by atoms with Gasteiger partial charge >= 0.3 is 0 Å². The van der Waals surface area contributed by atoms with Crippen molar-refractivity contribution < 1.29 is 40.6 Å². The molecule has 0 radical (unpaired) electrons. The lowest BCUT2D eigenvalue weighted by Gasteiger charge is -2.14.